The topological polar surface area (TPSA) is 52.5 Å². The molecular weight excluding hydrogens is 178 g/mol. The SMILES string of the molecule is CC1=C(O)C(C)NC=C1CO.Cl. The predicted octanol–water partition coefficient (Wildman–Crippen LogP) is 1.11. The lowest BCUT2D eigenvalue weighted by molar-refractivity contribution is 0.317. The maximum atomic E-state index is 9.41. The number of halogens is 1. The third-order valence-electron chi connectivity index (χ3n) is 1.95. The van der Waals surface area contributed by atoms with Crippen LogP contribution in [0.5, 0.6) is 0 Å². The second kappa shape index (κ2) is 4.38. The van der Waals surface area contributed by atoms with Gasteiger partial charge in [-0.05, 0) is 25.0 Å². The zero-order valence-corrected chi connectivity index (χ0v) is 7.98. The summed E-state index contributed by atoms with van der Waals surface area (Å²) in [6.45, 7) is 3.63. The molecule has 1 heterocycles. The summed E-state index contributed by atoms with van der Waals surface area (Å²) >= 11 is 0. The molecular formula is C8H14ClNO2. The first-order valence-electron chi connectivity index (χ1n) is 3.63. The molecule has 1 rings (SSSR count). The molecule has 12 heavy (non-hydrogen) atoms. The molecule has 0 aromatic heterocycles. The van der Waals surface area contributed by atoms with Gasteiger partial charge in [-0.25, -0.2) is 0 Å². The van der Waals surface area contributed by atoms with Gasteiger partial charge in [0.25, 0.3) is 0 Å². The summed E-state index contributed by atoms with van der Waals surface area (Å²) in [6.07, 6.45) is 1.74. The van der Waals surface area contributed by atoms with Crippen LogP contribution in [0.1, 0.15) is 13.8 Å². The molecule has 0 aromatic carbocycles. The van der Waals surface area contributed by atoms with Gasteiger partial charge in [0.2, 0.25) is 0 Å². The Labute approximate surface area is 78.2 Å². The quantitative estimate of drug-likeness (QED) is 0.582. The van der Waals surface area contributed by atoms with Crippen molar-refractivity contribution in [2.45, 2.75) is 19.9 Å². The number of hydrogen-bond acceptors (Lipinski definition) is 3. The number of aliphatic hydroxyl groups excluding tert-OH is 2. The highest BCUT2D eigenvalue weighted by atomic mass is 35.5. The van der Waals surface area contributed by atoms with Crippen LogP contribution in [0.2, 0.25) is 0 Å². The van der Waals surface area contributed by atoms with Gasteiger partial charge in [0.15, 0.2) is 0 Å². The fraction of sp³-hybridized carbons (Fsp3) is 0.500. The van der Waals surface area contributed by atoms with Crippen molar-refractivity contribution < 1.29 is 10.2 Å². The molecule has 0 radical (unpaired) electrons. The van der Waals surface area contributed by atoms with Crippen LogP contribution >= 0.6 is 12.4 Å². The van der Waals surface area contributed by atoms with E-state index in [-0.39, 0.29) is 25.1 Å². The van der Waals surface area contributed by atoms with E-state index < -0.39 is 0 Å². The highest BCUT2D eigenvalue weighted by Crippen LogP contribution is 2.18. The van der Waals surface area contributed by atoms with Crippen LogP contribution in [0.15, 0.2) is 23.1 Å². The first-order valence-corrected chi connectivity index (χ1v) is 3.63. The van der Waals surface area contributed by atoms with Crippen LogP contribution in [0, 0.1) is 0 Å². The van der Waals surface area contributed by atoms with Crippen molar-refractivity contribution in [2.24, 2.45) is 0 Å². The van der Waals surface area contributed by atoms with Crippen LogP contribution in [-0.4, -0.2) is 22.9 Å². The second-order valence-electron chi connectivity index (χ2n) is 2.73. The largest absolute Gasteiger partial charge is 0.510 e. The summed E-state index contributed by atoms with van der Waals surface area (Å²) in [5, 5.41) is 21.2. The van der Waals surface area contributed by atoms with Gasteiger partial charge in [0.1, 0.15) is 5.76 Å². The summed E-state index contributed by atoms with van der Waals surface area (Å²) in [4.78, 5) is 0. The van der Waals surface area contributed by atoms with Crippen LogP contribution in [0.3, 0.4) is 0 Å². The number of rotatable bonds is 1. The lowest BCUT2D eigenvalue weighted by Gasteiger charge is -2.21. The molecule has 1 atom stereocenters. The molecule has 0 fully saturated rings. The summed E-state index contributed by atoms with van der Waals surface area (Å²) in [5.41, 5.74) is 1.53. The molecule has 1 aliphatic heterocycles. The average molecular weight is 192 g/mol. The maximum Gasteiger partial charge on any atom is 0.117 e. The molecule has 1 unspecified atom stereocenters. The van der Waals surface area contributed by atoms with Crippen molar-refractivity contribution in [1.82, 2.24) is 5.32 Å². The Hall–Kier alpha value is -0.670. The van der Waals surface area contributed by atoms with Crippen LogP contribution < -0.4 is 5.32 Å². The minimum Gasteiger partial charge on any atom is -0.510 e. The summed E-state index contributed by atoms with van der Waals surface area (Å²) < 4.78 is 0. The number of nitrogens with one attached hydrogen (secondary N) is 1. The molecule has 1 aliphatic rings. The van der Waals surface area contributed by atoms with Gasteiger partial charge in [-0.15, -0.1) is 12.4 Å². The summed E-state index contributed by atoms with van der Waals surface area (Å²) in [5.74, 6) is 0.316. The fourth-order valence-electron chi connectivity index (χ4n) is 1.07. The molecule has 0 aromatic rings. The molecule has 3 N–H and O–H groups in total. The Morgan fingerprint density at radius 1 is 1.58 bits per heavy atom. The van der Waals surface area contributed by atoms with Gasteiger partial charge in [-0.3, -0.25) is 0 Å². The third kappa shape index (κ3) is 1.93. The van der Waals surface area contributed by atoms with E-state index >= 15 is 0 Å². The molecule has 0 bridgehead atoms. The normalized spacial score (nSPS) is 22.6. The Bertz CT molecular complexity index is 223. The molecule has 0 amide bonds. The van der Waals surface area contributed by atoms with Crippen LogP contribution in [-0.2, 0) is 0 Å². The molecule has 4 heteroatoms. The Morgan fingerprint density at radius 2 is 2.17 bits per heavy atom. The minimum absolute atomic E-state index is 0. The minimum atomic E-state index is -0.0368. The second-order valence-corrected chi connectivity index (χ2v) is 2.73. The lowest BCUT2D eigenvalue weighted by Crippen LogP contribution is -2.28. The Morgan fingerprint density at radius 3 is 2.67 bits per heavy atom. The molecule has 0 saturated heterocycles. The smallest absolute Gasteiger partial charge is 0.117 e. The summed E-state index contributed by atoms with van der Waals surface area (Å²) in [6, 6.07) is -0.0368. The molecule has 0 saturated carbocycles. The van der Waals surface area contributed by atoms with Gasteiger partial charge in [-0.2, -0.15) is 0 Å². The van der Waals surface area contributed by atoms with Gasteiger partial charge >= 0.3 is 0 Å². The average Bonchev–Trinajstić information content (AvgIpc) is 2.01. The highest BCUT2D eigenvalue weighted by molar-refractivity contribution is 5.85. The Kier molecular flexibility index (Phi) is 4.13. The standard InChI is InChI=1S/C8H13NO2.ClH/c1-5-7(4-10)3-9-6(2)8(5)11;/h3,6,9-11H,4H2,1-2H3;1H. The zero-order chi connectivity index (χ0) is 8.43. The number of aliphatic hydroxyl groups is 2. The van der Waals surface area contributed by atoms with E-state index in [0.717, 1.165) is 11.1 Å². The van der Waals surface area contributed by atoms with E-state index in [4.69, 9.17) is 5.11 Å². The van der Waals surface area contributed by atoms with E-state index in [1.54, 1.807) is 13.1 Å². The van der Waals surface area contributed by atoms with E-state index in [0.29, 0.717) is 5.76 Å². The van der Waals surface area contributed by atoms with E-state index in [1.807, 2.05) is 6.92 Å². The van der Waals surface area contributed by atoms with Crippen molar-refractivity contribution >= 4 is 12.4 Å². The van der Waals surface area contributed by atoms with E-state index in [9.17, 15) is 5.11 Å². The maximum absolute atomic E-state index is 9.41. The lowest BCUT2D eigenvalue weighted by atomic mass is 10.0. The molecule has 70 valence electrons. The molecule has 0 spiro atoms. The van der Waals surface area contributed by atoms with Crippen molar-refractivity contribution in [2.75, 3.05) is 6.61 Å². The number of hydrogen-bond donors (Lipinski definition) is 3. The van der Waals surface area contributed by atoms with Gasteiger partial charge in [-0.1, -0.05) is 0 Å². The first-order chi connectivity index (χ1) is 5.16. The van der Waals surface area contributed by atoms with Gasteiger partial charge in [0, 0.05) is 6.20 Å². The van der Waals surface area contributed by atoms with Crippen molar-refractivity contribution in [3.8, 4) is 0 Å². The van der Waals surface area contributed by atoms with Crippen molar-refractivity contribution in [3.63, 3.8) is 0 Å². The van der Waals surface area contributed by atoms with Crippen LogP contribution in [0.25, 0.3) is 0 Å². The first kappa shape index (κ1) is 11.3. The highest BCUT2D eigenvalue weighted by Gasteiger charge is 2.16. The monoisotopic (exact) mass is 191 g/mol. The summed E-state index contributed by atoms with van der Waals surface area (Å²) in [7, 11) is 0. The van der Waals surface area contributed by atoms with Gasteiger partial charge < -0.3 is 15.5 Å². The molecule has 0 aliphatic carbocycles. The fourth-order valence-corrected chi connectivity index (χ4v) is 1.07. The van der Waals surface area contributed by atoms with E-state index in [2.05, 4.69) is 5.32 Å². The van der Waals surface area contributed by atoms with Gasteiger partial charge in [0.05, 0.1) is 12.6 Å². The van der Waals surface area contributed by atoms with E-state index in [1.165, 1.54) is 0 Å². The third-order valence-corrected chi connectivity index (χ3v) is 1.95. The van der Waals surface area contributed by atoms with Crippen molar-refractivity contribution in [1.29, 1.82) is 0 Å². The molecule has 3 nitrogen and oxygen atoms in total. The number of dihydropyridines is 1. The van der Waals surface area contributed by atoms with Crippen LogP contribution in [0.4, 0.5) is 0 Å². The zero-order valence-electron chi connectivity index (χ0n) is 7.16. The Balaban J connectivity index is 0.00000121. The van der Waals surface area contributed by atoms with Crippen molar-refractivity contribution in [3.05, 3.63) is 23.1 Å². The predicted molar refractivity (Wildman–Crippen MR) is 50.3 cm³/mol.